The minimum Gasteiger partial charge on any atom is -0.379 e. The van der Waals surface area contributed by atoms with E-state index in [-0.39, 0.29) is 0 Å². The number of nitrogens with one attached hydrogen (secondary N) is 1. The van der Waals surface area contributed by atoms with E-state index in [4.69, 9.17) is 16.3 Å². The molecule has 1 aromatic heterocycles. The Hall–Kier alpha value is -0.0900. The molecule has 1 aromatic rings. The second kappa shape index (κ2) is 8.24. The Kier molecular flexibility index (Phi) is 7.05. The van der Waals surface area contributed by atoms with Gasteiger partial charge in [-0.2, -0.15) is 11.3 Å². The largest absolute Gasteiger partial charge is 0.379 e. The summed E-state index contributed by atoms with van der Waals surface area (Å²) in [6, 6.07) is 2.16. The van der Waals surface area contributed by atoms with Gasteiger partial charge < -0.3 is 10.1 Å². The van der Waals surface area contributed by atoms with E-state index in [1.54, 1.807) is 11.3 Å². The first kappa shape index (κ1) is 12.0. The van der Waals surface area contributed by atoms with Crippen LogP contribution in [0.4, 0.5) is 0 Å². The molecule has 14 heavy (non-hydrogen) atoms. The summed E-state index contributed by atoms with van der Waals surface area (Å²) >= 11 is 7.21. The number of hydrogen-bond donors (Lipinski definition) is 1. The Bertz CT molecular complexity index is 216. The lowest BCUT2D eigenvalue weighted by Gasteiger charge is -2.03. The van der Waals surface area contributed by atoms with Gasteiger partial charge >= 0.3 is 0 Å². The Morgan fingerprint density at radius 2 is 2.29 bits per heavy atom. The van der Waals surface area contributed by atoms with Crippen LogP contribution in [0.2, 0.25) is 0 Å². The molecular weight excluding hydrogens is 218 g/mol. The summed E-state index contributed by atoms with van der Waals surface area (Å²) < 4.78 is 5.23. The van der Waals surface area contributed by atoms with Crippen LogP contribution >= 0.6 is 22.9 Å². The maximum Gasteiger partial charge on any atom is 0.0602 e. The maximum atomic E-state index is 5.46. The highest BCUT2D eigenvalue weighted by Crippen LogP contribution is 2.05. The fourth-order valence-electron chi connectivity index (χ4n) is 1.09. The number of alkyl halides is 1. The van der Waals surface area contributed by atoms with E-state index in [9.17, 15) is 0 Å². The van der Waals surface area contributed by atoms with Gasteiger partial charge in [0.2, 0.25) is 0 Å². The second-order valence-corrected chi connectivity index (χ2v) is 4.09. The lowest BCUT2D eigenvalue weighted by molar-refractivity contribution is 0.151. The van der Waals surface area contributed by atoms with Crippen LogP contribution in [0, 0.1) is 0 Å². The molecule has 0 amide bonds. The van der Waals surface area contributed by atoms with Gasteiger partial charge in [-0.25, -0.2) is 0 Å². The van der Waals surface area contributed by atoms with Gasteiger partial charge in [0.1, 0.15) is 0 Å². The van der Waals surface area contributed by atoms with E-state index in [2.05, 4.69) is 22.1 Å². The number of ether oxygens (including phenoxy) is 1. The Morgan fingerprint density at radius 3 is 3.00 bits per heavy atom. The van der Waals surface area contributed by atoms with Gasteiger partial charge in [0.05, 0.1) is 13.2 Å². The maximum absolute atomic E-state index is 5.46. The minimum atomic E-state index is 0.578. The van der Waals surface area contributed by atoms with E-state index in [1.807, 2.05) is 0 Å². The monoisotopic (exact) mass is 233 g/mol. The van der Waals surface area contributed by atoms with E-state index < -0.39 is 0 Å². The highest BCUT2D eigenvalue weighted by atomic mass is 35.5. The smallest absolute Gasteiger partial charge is 0.0602 e. The SMILES string of the molecule is ClCCOCCNCCc1ccsc1. The van der Waals surface area contributed by atoms with E-state index in [0.29, 0.717) is 12.5 Å². The van der Waals surface area contributed by atoms with Crippen molar-refractivity contribution in [1.82, 2.24) is 5.32 Å². The van der Waals surface area contributed by atoms with Crippen molar-refractivity contribution in [2.45, 2.75) is 6.42 Å². The minimum absolute atomic E-state index is 0.578. The number of halogens is 1. The molecule has 0 aliphatic heterocycles. The van der Waals surface area contributed by atoms with Crippen LogP contribution in [-0.2, 0) is 11.2 Å². The van der Waals surface area contributed by atoms with Gasteiger partial charge in [0.25, 0.3) is 0 Å². The molecule has 0 unspecified atom stereocenters. The molecule has 80 valence electrons. The van der Waals surface area contributed by atoms with Gasteiger partial charge in [-0.1, -0.05) is 0 Å². The summed E-state index contributed by atoms with van der Waals surface area (Å²) in [5, 5.41) is 7.62. The van der Waals surface area contributed by atoms with Gasteiger partial charge in [0.15, 0.2) is 0 Å². The lowest BCUT2D eigenvalue weighted by Crippen LogP contribution is -2.22. The van der Waals surface area contributed by atoms with Crippen LogP contribution in [0.15, 0.2) is 16.8 Å². The zero-order valence-corrected chi connectivity index (χ0v) is 9.74. The first-order valence-corrected chi connectivity index (χ1v) is 6.26. The van der Waals surface area contributed by atoms with Crippen molar-refractivity contribution in [2.75, 3.05) is 32.2 Å². The molecule has 0 bridgehead atoms. The molecule has 1 N–H and O–H groups in total. The van der Waals surface area contributed by atoms with Crippen LogP contribution in [0.3, 0.4) is 0 Å². The van der Waals surface area contributed by atoms with Crippen molar-refractivity contribution in [3.63, 3.8) is 0 Å². The van der Waals surface area contributed by atoms with E-state index in [0.717, 1.165) is 26.1 Å². The highest BCUT2D eigenvalue weighted by Gasteiger charge is 1.92. The molecule has 0 atom stereocenters. The third-order valence-electron chi connectivity index (χ3n) is 1.82. The fraction of sp³-hybridized carbons (Fsp3) is 0.600. The van der Waals surface area contributed by atoms with Gasteiger partial charge in [0, 0.05) is 12.4 Å². The van der Waals surface area contributed by atoms with Crippen molar-refractivity contribution in [2.24, 2.45) is 0 Å². The highest BCUT2D eigenvalue weighted by molar-refractivity contribution is 7.07. The van der Waals surface area contributed by atoms with Crippen molar-refractivity contribution in [3.05, 3.63) is 22.4 Å². The summed E-state index contributed by atoms with van der Waals surface area (Å²) in [6.45, 7) is 3.31. The van der Waals surface area contributed by atoms with Crippen LogP contribution in [0.1, 0.15) is 5.56 Å². The molecular formula is C10H16ClNOS. The van der Waals surface area contributed by atoms with Crippen LogP contribution in [0.5, 0.6) is 0 Å². The number of hydrogen-bond acceptors (Lipinski definition) is 3. The molecule has 0 saturated carbocycles. The summed E-state index contributed by atoms with van der Waals surface area (Å²) in [7, 11) is 0. The normalized spacial score (nSPS) is 10.6. The Morgan fingerprint density at radius 1 is 1.36 bits per heavy atom. The number of rotatable bonds is 8. The lowest BCUT2D eigenvalue weighted by atomic mass is 10.2. The molecule has 0 spiro atoms. The first-order valence-electron chi connectivity index (χ1n) is 4.79. The van der Waals surface area contributed by atoms with Crippen molar-refractivity contribution < 1.29 is 4.74 Å². The predicted octanol–water partition coefficient (Wildman–Crippen LogP) is 2.14. The third-order valence-corrected chi connectivity index (χ3v) is 2.70. The second-order valence-electron chi connectivity index (χ2n) is 2.93. The molecule has 0 aliphatic carbocycles. The average Bonchev–Trinajstić information content (AvgIpc) is 2.69. The van der Waals surface area contributed by atoms with E-state index >= 15 is 0 Å². The van der Waals surface area contributed by atoms with Gasteiger partial charge in [-0.15, -0.1) is 11.6 Å². The molecule has 1 heterocycles. The van der Waals surface area contributed by atoms with Gasteiger partial charge in [-0.3, -0.25) is 0 Å². The molecule has 2 nitrogen and oxygen atoms in total. The van der Waals surface area contributed by atoms with Gasteiger partial charge in [-0.05, 0) is 35.4 Å². The fourth-order valence-corrected chi connectivity index (χ4v) is 1.91. The summed E-state index contributed by atoms with van der Waals surface area (Å²) in [4.78, 5) is 0. The van der Waals surface area contributed by atoms with Crippen molar-refractivity contribution in [3.8, 4) is 0 Å². The molecule has 0 saturated heterocycles. The molecule has 0 radical (unpaired) electrons. The zero-order chi connectivity index (χ0) is 10.1. The van der Waals surface area contributed by atoms with Crippen LogP contribution in [0.25, 0.3) is 0 Å². The summed E-state index contributed by atoms with van der Waals surface area (Å²) in [5.41, 5.74) is 1.41. The van der Waals surface area contributed by atoms with Crippen molar-refractivity contribution in [1.29, 1.82) is 0 Å². The Balaban J connectivity index is 1.85. The summed E-state index contributed by atoms with van der Waals surface area (Å²) in [5.74, 6) is 0.578. The first-order chi connectivity index (χ1) is 6.93. The predicted molar refractivity (Wildman–Crippen MR) is 62.4 cm³/mol. The molecule has 1 rings (SSSR count). The zero-order valence-electron chi connectivity index (χ0n) is 8.17. The number of thiophene rings is 1. The standard InChI is InChI=1S/C10H16ClNOS/c11-3-6-13-7-5-12-4-1-10-2-8-14-9-10/h2,8-9,12H,1,3-7H2. The van der Waals surface area contributed by atoms with Crippen LogP contribution in [-0.4, -0.2) is 32.2 Å². The van der Waals surface area contributed by atoms with E-state index in [1.165, 1.54) is 5.56 Å². The van der Waals surface area contributed by atoms with Crippen LogP contribution < -0.4 is 5.32 Å². The topological polar surface area (TPSA) is 21.3 Å². The third kappa shape index (κ3) is 5.60. The van der Waals surface area contributed by atoms with Crippen molar-refractivity contribution >= 4 is 22.9 Å². The molecule has 4 heteroatoms. The molecule has 0 aliphatic rings. The molecule has 0 aromatic carbocycles. The average molecular weight is 234 g/mol. The Labute approximate surface area is 94.2 Å². The quantitative estimate of drug-likeness (QED) is 0.549. The summed E-state index contributed by atoms with van der Waals surface area (Å²) in [6.07, 6.45) is 1.10. The molecule has 0 fully saturated rings.